The van der Waals surface area contributed by atoms with Gasteiger partial charge in [0.1, 0.15) is 5.75 Å². The molecule has 1 fully saturated rings. The molecule has 1 aliphatic carbocycles. The Morgan fingerprint density at radius 1 is 1.29 bits per heavy atom. The first-order valence-electron chi connectivity index (χ1n) is 7.70. The minimum atomic E-state index is 0.0154. The summed E-state index contributed by atoms with van der Waals surface area (Å²) in [6.45, 7) is 2.31. The van der Waals surface area contributed by atoms with Gasteiger partial charge in [0.05, 0.1) is 6.61 Å². The number of likely N-dealkylation sites (N-methyl/N-ethyl adjacent to an activating group) is 1. The number of amides is 1. The zero-order valence-electron chi connectivity index (χ0n) is 12.9. The maximum Gasteiger partial charge on any atom is 0.260 e. The Morgan fingerprint density at radius 3 is 2.57 bits per heavy atom. The number of ether oxygens (including phenoxy) is 1. The quantitative estimate of drug-likeness (QED) is 0.907. The molecule has 0 bridgehead atoms. The van der Waals surface area contributed by atoms with Crippen LogP contribution in [0.1, 0.15) is 38.2 Å². The fourth-order valence-corrected chi connectivity index (χ4v) is 2.99. The summed E-state index contributed by atoms with van der Waals surface area (Å²) in [5.41, 5.74) is 0.835. The lowest BCUT2D eigenvalue weighted by Crippen LogP contribution is -2.44. The Morgan fingerprint density at radius 2 is 1.95 bits per heavy atom. The predicted molar refractivity (Wildman–Crippen MR) is 82.0 cm³/mol. The normalized spacial score (nSPS) is 21.9. The van der Waals surface area contributed by atoms with Crippen molar-refractivity contribution in [2.75, 3.05) is 13.7 Å². The van der Waals surface area contributed by atoms with Crippen LogP contribution in [0.5, 0.6) is 5.75 Å². The van der Waals surface area contributed by atoms with Gasteiger partial charge in [-0.2, -0.15) is 0 Å². The van der Waals surface area contributed by atoms with Gasteiger partial charge in [0, 0.05) is 13.1 Å². The average molecular weight is 291 g/mol. The highest BCUT2D eigenvalue weighted by Gasteiger charge is 2.27. The van der Waals surface area contributed by atoms with Crippen molar-refractivity contribution >= 4 is 5.91 Å². The summed E-state index contributed by atoms with van der Waals surface area (Å²) < 4.78 is 5.54. The van der Waals surface area contributed by atoms with Gasteiger partial charge in [-0.05, 0) is 36.5 Å². The summed E-state index contributed by atoms with van der Waals surface area (Å²) >= 11 is 0. The summed E-state index contributed by atoms with van der Waals surface area (Å²) in [5, 5.41) is 8.99. The summed E-state index contributed by atoms with van der Waals surface area (Å²) in [6, 6.07) is 7.50. The predicted octanol–water partition coefficient (Wildman–Crippen LogP) is 2.59. The highest BCUT2D eigenvalue weighted by atomic mass is 16.5. The summed E-state index contributed by atoms with van der Waals surface area (Å²) in [6.07, 6.45) is 4.77. The molecule has 1 aliphatic rings. The first kappa shape index (κ1) is 15.8. The number of carbonyl (C=O) groups is 1. The van der Waals surface area contributed by atoms with Crippen molar-refractivity contribution in [3.05, 3.63) is 29.8 Å². The summed E-state index contributed by atoms with van der Waals surface area (Å²) in [4.78, 5) is 14.1. The molecule has 0 aromatic heterocycles. The molecule has 1 N–H and O–H groups in total. The molecular weight excluding hydrogens is 266 g/mol. The molecule has 1 aromatic rings. The number of aliphatic hydroxyl groups excluding tert-OH is 1. The van der Waals surface area contributed by atoms with Crippen molar-refractivity contribution in [1.82, 2.24) is 4.90 Å². The number of aliphatic hydroxyl groups is 1. The van der Waals surface area contributed by atoms with Crippen molar-refractivity contribution in [3.63, 3.8) is 0 Å². The van der Waals surface area contributed by atoms with Gasteiger partial charge >= 0.3 is 0 Å². The van der Waals surface area contributed by atoms with Crippen LogP contribution >= 0.6 is 0 Å². The monoisotopic (exact) mass is 291 g/mol. The molecule has 1 amide bonds. The molecule has 0 radical (unpaired) electrons. The smallest absolute Gasteiger partial charge is 0.260 e. The lowest BCUT2D eigenvalue weighted by Gasteiger charge is -2.36. The second kappa shape index (κ2) is 7.46. The number of hydrogen-bond donors (Lipinski definition) is 1. The van der Waals surface area contributed by atoms with Crippen LogP contribution in [0.25, 0.3) is 0 Å². The standard InChI is InChI=1S/C17H25NO3/c1-13-5-3-4-6-16(13)18(2)17(20)12-21-15-9-7-14(11-19)8-10-15/h7-10,13,16,19H,3-6,11-12H2,1-2H3. The van der Waals surface area contributed by atoms with Crippen LogP contribution < -0.4 is 4.74 Å². The molecule has 4 nitrogen and oxygen atoms in total. The van der Waals surface area contributed by atoms with E-state index in [2.05, 4.69) is 6.92 Å². The van der Waals surface area contributed by atoms with E-state index >= 15 is 0 Å². The molecule has 2 atom stereocenters. The summed E-state index contributed by atoms with van der Waals surface area (Å²) in [5.74, 6) is 1.25. The molecular formula is C17H25NO3. The van der Waals surface area contributed by atoms with Crippen LogP contribution in [-0.2, 0) is 11.4 Å². The van der Waals surface area contributed by atoms with Crippen molar-refractivity contribution in [1.29, 1.82) is 0 Å². The Bertz CT molecular complexity index is 458. The minimum Gasteiger partial charge on any atom is -0.484 e. The maximum atomic E-state index is 12.2. The molecule has 116 valence electrons. The van der Waals surface area contributed by atoms with E-state index in [1.165, 1.54) is 19.3 Å². The van der Waals surface area contributed by atoms with Crippen molar-refractivity contribution in [3.8, 4) is 5.75 Å². The van der Waals surface area contributed by atoms with Gasteiger partial charge in [-0.3, -0.25) is 4.79 Å². The van der Waals surface area contributed by atoms with E-state index in [0.29, 0.717) is 17.7 Å². The van der Waals surface area contributed by atoms with Crippen LogP contribution in [0.15, 0.2) is 24.3 Å². The van der Waals surface area contributed by atoms with Crippen molar-refractivity contribution in [2.45, 2.75) is 45.3 Å². The van der Waals surface area contributed by atoms with Crippen molar-refractivity contribution in [2.24, 2.45) is 5.92 Å². The molecule has 1 saturated carbocycles. The number of hydrogen-bond acceptors (Lipinski definition) is 3. The zero-order valence-corrected chi connectivity index (χ0v) is 12.9. The third-order valence-corrected chi connectivity index (χ3v) is 4.43. The first-order valence-corrected chi connectivity index (χ1v) is 7.70. The van der Waals surface area contributed by atoms with E-state index < -0.39 is 0 Å². The lowest BCUT2D eigenvalue weighted by atomic mass is 9.85. The fourth-order valence-electron chi connectivity index (χ4n) is 2.99. The van der Waals surface area contributed by atoms with Crippen LogP contribution in [0, 0.1) is 5.92 Å². The molecule has 1 aromatic carbocycles. The van der Waals surface area contributed by atoms with Gasteiger partial charge in [-0.25, -0.2) is 0 Å². The Balaban J connectivity index is 1.85. The second-order valence-corrected chi connectivity index (χ2v) is 5.92. The number of carbonyl (C=O) groups excluding carboxylic acids is 1. The maximum absolute atomic E-state index is 12.2. The van der Waals surface area contributed by atoms with Gasteiger partial charge in [0.25, 0.3) is 5.91 Å². The average Bonchev–Trinajstić information content (AvgIpc) is 2.53. The Hall–Kier alpha value is -1.55. The zero-order chi connectivity index (χ0) is 15.2. The van der Waals surface area contributed by atoms with Crippen molar-refractivity contribution < 1.29 is 14.6 Å². The molecule has 2 rings (SSSR count). The molecule has 0 saturated heterocycles. The Kier molecular flexibility index (Phi) is 5.62. The van der Waals surface area contributed by atoms with Crippen LogP contribution in [0.3, 0.4) is 0 Å². The van der Waals surface area contributed by atoms with E-state index in [9.17, 15) is 4.79 Å². The number of rotatable bonds is 5. The van der Waals surface area contributed by atoms with Gasteiger partial charge in [0.15, 0.2) is 6.61 Å². The van der Waals surface area contributed by atoms with Gasteiger partial charge in [0.2, 0.25) is 0 Å². The molecule has 0 heterocycles. The van der Waals surface area contributed by atoms with E-state index in [4.69, 9.17) is 9.84 Å². The van der Waals surface area contributed by atoms with E-state index in [1.807, 2.05) is 11.9 Å². The SMILES string of the molecule is CC1CCCCC1N(C)C(=O)COc1ccc(CO)cc1. The molecule has 0 spiro atoms. The highest BCUT2D eigenvalue weighted by Crippen LogP contribution is 2.27. The topological polar surface area (TPSA) is 49.8 Å². The Labute approximate surface area is 126 Å². The first-order chi connectivity index (χ1) is 10.1. The van der Waals surface area contributed by atoms with E-state index in [-0.39, 0.29) is 19.1 Å². The lowest BCUT2D eigenvalue weighted by molar-refractivity contribution is -0.135. The molecule has 21 heavy (non-hydrogen) atoms. The molecule has 2 unspecified atom stereocenters. The molecule has 4 heteroatoms. The van der Waals surface area contributed by atoms with Crippen LogP contribution in [0.2, 0.25) is 0 Å². The third kappa shape index (κ3) is 4.21. The minimum absolute atomic E-state index is 0.0154. The number of nitrogens with zero attached hydrogens (tertiary/aromatic N) is 1. The summed E-state index contributed by atoms with van der Waals surface area (Å²) in [7, 11) is 1.88. The number of benzene rings is 1. The van der Waals surface area contributed by atoms with Crippen LogP contribution in [0.4, 0.5) is 0 Å². The second-order valence-electron chi connectivity index (χ2n) is 5.92. The van der Waals surface area contributed by atoms with Crippen LogP contribution in [-0.4, -0.2) is 35.6 Å². The largest absolute Gasteiger partial charge is 0.484 e. The van der Waals surface area contributed by atoms with E-state index in [1.54, 1.807) is 24.3 Å². The van der Waals surface area contributed by atoms with Gasteiger partial charge in [-0.15, -0.1) is 0 Å². The van der Waals surface area contributed by atoms with Gasteiger partial charge < -0.3 is 14.7 Å². The van der Waals surface area contributed by atoms with Gasteiger partial charge in [-0.1, -0.05) is 31.9 Å². The molecule has 0 aliphatic heterocycles. The highest BCUT2D eigenvalue weighted by molar-refractivity contribution is 5.77. The fraction of sp³-hybridized carbons (Fsp3) is 0.588. The third-order valence-electron chi connectivity index (χ3n) is 4.43. The van der Waals surface area contributed by atoms with E-state index in [0.717, 1.165) is 12.0 Å².